The Hall–Kier alpha value is -0.780. The molecule has 1 rings (SSSR count). The van der Waals surface area contributed by atoms with E-state index in [-0.39, 0.29) is 0 Å². The average molecular weight is 133 g/mol. The highest BCUT2D eigenvalue weighted by molar-refractivity contribution is 5.27. The largest absolute Gasteiger partial charge is 0.0587 e. The molecule has 0 aliphatic heterocycles. The van der Waals surface area contributed by atoms with E-state index in [4.69, 9.17) is 0 Å². The fourth-order valence-electron chi connectivity index (χ4n) is 1.14. The van der Waals surface area contributed by atoms with Gasteiger partial charge in [0.05, 0.1) is 0 Å². The molecule has 0 unspecified atom stereocenters. The molecule has 0 aromatic heterocycles. The molecular formula is C10H13. The Balaban J connectivity index is 3.03. The lowest BCUT2D eigenvalue weighted by Gasteiger charge is -2.07. The van der Waals surface area contributed by atoms with Gasteiger partial charge in [0.15, 0.2) is 0 Å². The minimum Gasteiger partial charge on any atom is -0.0587 e. The Bertz CT molecular complexity index is 211. The van der Waals surface area contributed by atoms with Crippen molar-refractivity contribution >= 4 is 0 Å². The Kier molecular flexibility index (Phi) is 2.10. The van der Waals surface area contributed by atoms with Crippen LogP contribution in [-0.4, -0.2) is 0 Å². The molecule has 1 aromatic rings. The summed E-state index contributed by atoms with van der Waals surface area (Å²) in [5.41, 5.74) is 2.77. The summed E-state index contributed by atoms with van der Waals surface area (Å²) in [6.45, 7) is 6.55. The highest BCUT2D eigenvalue weighted by atomic mass is 14.0. The number of aryl methyl sites for hydroxylation is 1. The SMILES string of the molecule is Cc1cc[c]cc1C(C)C. The van der Waals surface area contributed by atoms with Crippen LogP contribution in [0.5, 0.6) is 0 Å². The third kappa shape index (κ3) is 1.38. The van der Waals surface area contributed by atoms with Crippen LogP contribution in [0.2, 0.25) is 0 Å². The van der Waals surface area contributed by atoms with Crippen LogP contribution in [0.1, 0.15) is 30.9 Å². The summed E-state index contributed by atoms with van der Waals surface area (Å²) in [4.78, 5) is 0. The maximum atomic E-state index is 3.08. The lowest BCUT2D eigenvalue weighted by Crippen LogP contribution is -1.89. The van der Waals surface area contributed by atoms with Crippen molar-refractivity contribution in [1.29, 1.82) is 0 Å². The van der Waals surface area contributed by atoms with E-state index in [0.29, 0.717) is 5.92 Å². The molecule has 0 saturated heterocycles. The zero-order valence-electron chi connectivity index (χ0n) is 6.81. The summed E-state index contributed by atoms with van der Waals surface area (Å²) < 4.78 is 0. The van der Waals surface area contributed by atoms with Gasteiger partial charge in [0.25, 0.3) is 0 Å². The summed E-state index contributed by atoms with van der Waals surface area (Å²) in [6, 6.07) is 9.22. The highest BCUT2D eigenvalue weighted by Gasteiger charge is 1.99. The fraction of sp³-hybridized carbons (Fsp3) is 0.400. The van der Waals surface area contributed by atoms with Gasteiger partial charge in [0, 0.05) is 0 Å². The molecule has 0 saturated carbocycles. The Labute approximate surface area is 62.9 Å². The Morgan fingerprint density at radius 3 is 2.50 bits per heavy atom. The van der Waals surface area contributed by atoms with Crippen molar-refractivity contribution in [3.8, 4) is 0 Å². The van der Waals surface area contributed by atoms with Crippen molar-refractivity contribution < 1.29 is 0 Å². The van der Waals surface area contributed by atoms with Gasteiger partial charge < -0.3 is 0 Å². The zero-order chi connectivity index (χ0) is 7.56. The maximum absolute atomic E-state index is 3.08. The molecule has 0 aliphatic rings. The highest BCUT2D eigenvalue weighted by Crippen LogP contribution is 2.16. The Morgan fingerprint density at radius 2 is 2.10 bits per heavy atom. The Morgan fingerprint density at radius 1 is 1.40 bits per heavy atom. The first-order valence-corrected chi connectivity index (χ1v) is 3.68. The summed E-state index contributed by atoms with van der Waals surface area (Å²) in [5.74, 6) is 0.623. The van der Waals surface area contributed by atoms with Gasteiger partial charge in [-0.3, -0.25) is 0 Å². The molecule has 53 valence electrons. The van der Waals surface area contributed by atoms with Crippen molar-refractivity contribution in [1.82, 2.24) is 0 Å². The second-order valence-corrected chi connectivity index (χ2v) is 2.94. The van der Waals surface area contributed by atoms with Crippen LogP contribution in [-0.2, 0) is 0 Å². The first-order chi connectivity index (χ1) is 4.72. The summed E-state index contributed by atoms with van der Waals surface area (Å²) >= 11 is 0. The van der Waals surface area contributed by atoms with Gasteiger partial charge >= 0.3 is 0 Å². The topological polar surface area (TPSA) is 0 Å². The van der Waals surface area contributed by atoms with Gasteiger partial charge in [-0.15, -0.1) is 0 Å². The van der Waals surface area contributed by atoms with Crippen molar-refractivity contribution in [3.05, 3.63) is 35.4 Å². The van der Waals surface area contributed by atoms with Crippen LogP contribution >= 0.6 is 0 Å². The summed E-state index contributed by atoms with van der Waals surface area (Å²) in [6.07, 6.45) is 0. The van der Waals surface area contributed by atoms with Crippen LogP contribution in [0.3, 0.4) is 0 Å². The molecule has 10 heavy (non-hydrogen) atoms. The predicted molar refractivity (Wildman–Crippen MR) is 44.1 cm³/mol. The molecule has 0 nitrogen and oxygen atoms in total. The van der Waals surface area contributed by atoms with E-state index >= 15 is 0 Å². The molecule has 1 aromatic carbocycles. The summed E-state index contributed by atoms with van der Waals surface area (Å²) in [7, 11) is 0. The minimum atomic E-state index is 0.623. The van der Waals surface area contributed by atoms with Crippen LogP contribution < -0.4 is 0 Å². The monoisotopic (exact) mass is 133 g/mol. The van der Waals surface area contributed by atoms with Gasteiger partial charge in [0.2, 0.25) is 0 Å². The molecule has 0 heterocycles. The van der Waals surface area contributed by atoms with Gasteiger partial charge in [0.1, 0.15) is 0 Å². The molecule has 0 spiro atoms. The average Bonchev–Trinajstić information content (AvgIpc) is 1.88. The molecular weight excluding hydrogens is 120 g/mol. The van der Waals surface area contributed by atoms with E-state index in [1.54, 1.807) is 0 Å². The molecule has 0 aliphatic carbocycles. The number of rotatable bonds is 1. The van der Waals surface area contributed by atoms with E-state index in [9.17, 15) is 0 Å². The van der Waals surface area contributed by atoms with Crippen LogP contribution in [0, 0.1) is 13.0 Å². The van der Waals surface area contributed by atoms with Crippen molar-refractivity contribution in [3.63, 3.8) is 0 Å². The third-order valence-corrected chi connectivity index (χ3v) is 1.75. The van der Waals surface area contributed by atoms with E-state index in [1.165, 1.54) is 11.1 Å². The third-order valence-electron chi connectivity index (χ3n) is 1.75. The minimum absolute atomic E-state index is 0.623. The number of hydrogen-bond acceptors (Lipinski definition) is 0. The smallest absolute Gasteiger partial charge is 0.0181 e. The molecule has 0 fully saturated rings. The van der Waals surface area contributed by atoms with Gasteiger partial charge in [-0.05, 0) is 30.0 Å². The lowest BCUT2D eigenvalue weighted by molar-refractivity contribution is 0.856. The zero-order valence-corrected chi connectivity index (χ0v) is 6.81. The number of hydrogen-bond donors (Lipinski definition) is 0. The maximum Gasteiger partial charge on any atom is -0.0181 e. The van der Waals surface area contributed by atoms with Crippen LogP contribution in [0.15, 0.2) is 18.2 Å². The molecule has 0 N–H and O–H groups in total. The van der Waals surface area contributed by atoms with E-state index in [1.807, 2.05) is 6.07 Å². The fourth-order valence-corrected chi connectivity index (χ4v) is 1.14. The van der Waals surface area contributed by atoms with Crippen molar-refractivity contribution in [2.75, 3.05) is 0 Å². The van der Waals surface area contributed by atoms with Crippen LogP contribution in [0.4, 0.5) is 0 Å². The standard InChI is InChI=1S/C10H13/c1-8(2)10-7-5-4-6-9(10)3/h4,6-8H,1-3H3. The second-order valence-electron chi connectivity index (χ2n) is 2.94. The molecule has 0 amide bonds. The molecule has 0 heteroatoms. The second kappa shape index (κ2) is 2.87. The number of benzene rings is 1. The van der Waals surface area contributed by atoms with Gasteiger partial charge in [-0.25, -0.2) is 0 Å². The normalized spacial score (nSPS) is 10.4. The molecule has 0 atom stereocenters. The van der Waals surface area contributed by atoms with Crippen molar-refractivity contribution in [2.24, 2.45) is 0 Å². The van der Waals surface area contributed by atoms with E-state index in [2.05, 4.69) is 39.0 Å². The first-order valence-electron chi connectivity index (χ1n) is 3.68. The first kappa shape index (κ1) is 7.33. The lowest BCUT2D eigenvalue weighted by atomic mass is 9.99. The van der Waals surface area contributed by atoms with Crippen molar-refractivity contribution in [2.45, 2.75) is 26.7 Å². The molecule has 1 radical (unpaired) electrons. The van der Waals surface area contributed by atoms with E-state index < -0.39 is 0 Å². The summed E-state index contributed by atoms with van der Waals surface area (Å²) in [5, 5.41) is 0. The predicted octanol–water partition coefficient (Wildman–Crippen LogP) is 2.92. The van der Waals surface area contributed by atoms with E-state index in [0.717, 1.165) is 0 Å². The van der Waals surface area contributed by atoms with Gasteiger partial charge in [-0.2, -0.15) is 0 Å². The van der Waals surface area contributed by atoms with Gasteiger partial charge in [-0.1, -0.05) is 32.0 Å². The van der Waals surface area contributed by atoms with Crippen LogP contribution in [0.25, 0.3) is 0 Å². The molecule has 0 bridgehead atoms. The quantitative estimate of drug-likeness (QED) is 0.552.